The third kappa shape index (κ3) is 3.40. The molecule has 2 heterocycles. The van der Waals surface area contributed by atoms with Gasteiger partial charge >= 0.3 is 0 Å². The number of amides is 1. The van der Waals surface area contributed by atoms with E-state index < -0.39 is 0 Å². The van der Waals surface area contributed by atoms with E-state index in [1.165, 1.54) is 12.8 Å². The van der Waals surface area contributed by atoms with Crippen LogP contribution < -0.4 is 0 Å². The number of allylic oxidation sites excluding steroid dienone is 1. The Labute approximate surface area is 125 Å². The first-order valence-corrected chi connectivity index (χ1v) is 8.14. The number of ether oxygens (including phenoxy) is 2. The Hall–Kier alpha value is -1.07. The first-order valence-electron chi connectivity index (χ1n) is 8.14. The van der Waals surface area contributed by atoms with Crippen molar-refractivity contribution < 1.29 is 19.4 Å². The van der Waals surface area contributed by atoms with E-state index in [-0.39, 0.29) is 24.7 Å². The Morgan fingerprint density at radius 1 is 1.48 bits per heavy atom. The molecule has 1 amide bonds. The normalized spacial score (nSPS) is 31.6. The minimum atomic E-state index is -0.351. The van der Waals surface area contributed by atoms with Crippen LogP contribution in [0.2, 0.25) is 0 Å². The molecule has 0 spiro atoms. The summed E-state index contributed by atoms with van der Waals surface area (Å²) in [5, 5.41) is 9.12. The van der Waals surface area contributed by atoms with Gasteiger partial charge in [-0.05, 0) is 50.5 Å². The van der Waals surface area contributed by atoms with Gasteiger partial charge in [-0.15, -0.1) is 0 Å². The van der Waals surface area contributed by atoms with Crippen LogP contribution in [0.4, 0.5) is 0 Å². The maximum atomic E-state index is 12.3. The smallest absolute Gasteiger partial charge is 0.288 e. The number of carbonyl (C=O) groups excluding carboxylic acids is 1. The van der Waals surface area contributed by atoms with Crippen molar-refractivity contribution in [2.24, 2.45) is 17.8 Å². The summed E-state index contributed by atoms with van der Waals surface area (Å²) in [6.07, 6.45) is 5.77. The molecular weight excluding hydrogens is 270 g/mol. The molecule has 5 heteroatoms. The van der Waals surface area contributed by atoms with Crippen molar-refractivity contribution in [1.82, 2.24) is 4.90 Å². The third-order valence-corrected chi connectivity index (χ3v) is 4.57. The Balaban J connectivity index is 1.78. The Kier molecular flexibility index (Phi) is 4.50. The van der Waals surface area contributed by atoms with Gasteiger partial charge in [0.25, 0.3) is 5.91 Å². The highest BCUT2D eigenvalue weighted by Gasteiger charge is 2.45. The zero-order valence-electron chi connectivity index (χ0n) is 12.7. The maximum absolute atomic E-state index is 12.3. The maximum Gasteiger partial charge on any atom is 0.288 e. The Bertz CT molecular complexity index is 415. The van der Waals surface area contributed by atoms with Crippen LogP contribution in [0.3, 0.4) is 0 Å². The highest BCUT2D eigenvalue weighted by Crippen LogP contribution is 2.47. The number of aliphatic hydroxyl groups excluding tert-OH is 1. The van der Waals surface area contributed by atoms with Gasteiger partial charge in [-0.2, -0.15) is 0 Å². The van der Waals surface area contributed by atoms with Gasteiger partial charge in [-0.1, -0.05) is 0 Å². The van der Waals surface area contributed by atoms with Crippen LogP contribution in [-0.4, -0.2) is 48.5 Å². The molecule has 1 saturated carbocycles. The van der Waals surface area contributed by atoms with E-state index in [2.05, 4.69) is 0 Å². The molecule has 5 nitrogen and oxygen atoms in total. The largest absolute Gasteiger partial charge is 0.459 e. The molecule has 2 fully saturated rings. The summed E-state index contributed by atoms with van der Waals surface area (Å²) in [6.45, 7) is 4.38. The Morgan fingerprint density at radius 3 is 2.81 bits per heavy atom. The van der Waals surface area contributed by atoms with Crippen molar-refractivity contribution in [2.45, 2.75) is 38.9 Å². The molecule has 3 atom stereocenters. The predicted molar refractivity (Wildman–Crippen MR) is 77.2 cm³/mol. The molecule has 1 N–H and O–H groups in total. The molecule has 118 valence electrons. The molecule has 2 aliphatic heterocycles. The summed E-state index contributed by atoms with van der Waals surface area (Å²) in [7, 11) is 0. The SMILES string of the molecule is CCO[C@@H]1OC(C(=O)N2CC2)=C[C@H](C2CC2)[C@@H]1CCCO. The quantitative estimate of drug-likeness (QED) is 0.724. The lowest BCUT2D eigenvalue weighted by Crippen LogP contribution is -2.39. The van der Waals surface area contributed by atoms with E-state index >= 15 is 0 Å². The summed E-state index contributed by atoms with van der Waals surface area (Å²) >= 11 is 0. The number of hydrogen-bond donors (Lipinski definition) is 1. The predicted octanol–water partition coefficient (Wildman–Crippen LogP) is 1.52. The molecule has 21 heavy (non-hydrogen) atoms. The topological polar surface area (TPSA) is 58.8 Å². The fourth-order valence-electron chi connectivity index (χ4n) is 3.21. The number of aliphatic hydroxyl groups is 1. The van der Waals surface area contributed by atoms with Crippen LogP contribution in [0.15, 0.2) is 11.8 Å². The van der Waals surface area contributed by atoms with Gasteiger partial charge in [0.2, 0.25) is 6.29 Å². The molecule has 3 aliphatic rings. The van der Waals surface area contributed by atoms with Gasteiger partial charge in [0.15, 0.2) is 5.76 Å². The van der Waals surface area contributed by atoms with Gasteiger partial charge < -0.3 is 19.5 Å². The van der Waals surface area contributed by atoms with Crippen LogP contribution in [0.5, 0.6) is 0 Å². The average Bonchev–Trinajstić information content (AvgIpc) is 3.37. The fourth-order valence-corrected chi connectivity index (χ4v) is 3.21. The molecule has 0 radical (unpaired) electrons. The van der Waals surface area contributed by atoms with Crippen molar-refractivity contribution in [2.75, 3.05) is 26.3 Å². The monoisotopic (exact) mass is 295 g/mol. The highest BCUT2D eigenvalue weighted by molar-refractivity contribution is 5.93. The summed E-state index contributed by atoms with van der Waals surface area (Å²) in [5.41, 5.74) is 0. The fraction of sp³-hybridized carbons (Fsp3) is 0.812. The standard InChI is InChI=1S/C16H25NO4/c1-2-20-16-12(4-3-9-18)13(11-5-6-11)10-14(21-16)15(19)17-7-8-17/h10-13,16,18H,2-9H2,1H3/t12-,13+,16+/m0/s1. The molecular formula is C16H25NO4. The lowest BCUT2D eigenvalue weighted by Gasteiger charge is -2.37. The molecule has 1 saturated heterocycles. The van der Waals surface area contributed by atoms with Crippen LogP contribution in [0.25, 0.3) is 0 Å². The van der Waals surface area contributed by atoms with Crippen molar-refractivity contribution in [1.29, 1.82) is 0 Å². The lowest BCUT2D eigenvalue weighted by atomic mass is 9.82. The van der Waals surface area contributed by atoms with Gasteiger partial charge in [0.05, 0.1) is 0 Å². The Morgan fingerprint density at radius 2 is 2.24 bits per heavy atom. The first kappa shape index (κ1) is 14.9. The van der Waals surface area contributed by atoms with E-state index in [1.54, 1.807) is 4.90 Å². The summed E-state index contributed by atoms with van der Waals surface area (Å²) in [6, 6.07) is 0. The van der Waals surface area contributed by atoms with Crippen LogP contribution in [-0.2, 0) is 14.3 Å². The molecule has 1 aliphatic carbocycles. The first-order chi connectivity index (χ1) is 10.2. The van der Waals surface area contributed by atoms with Crippen molar-refractivity contribution in [3.8, 4) is 0 Å². The second kappa shape index (κ2) is 6.36. The lowest BCUT2D eigenvalue weighted by molar-refractivity contribution is -0.175. The number of carbonyl (C=O) groups is 1. The van der Waals surface area contributed by atoms with Gasteiger partial charge in [0, 0.05) is 32.2 Å². The van der Waals surface area contributed by atoms with E-state index in [0.29, 0.717) is 24.2 Å². The number of hydrogen-bond acceptors (Lipinski definition) is 4. The van der Waals surface area contributed by atoms with Crippen molar-refractivity contribution in [3.63, 3.8) is 0 Å². The second-order valence-electron chi connectivity index (χ2n) is 6.21. The molecule has 0 unspecified atom stereocenters. The van der Waals surface area contributed by atoms with E-state index in [1.807, 2.05) is 13.0 Å². The molecule has 0 aromatic carbocycles. The summed E-state index contributed by atoms with van der Waals surface area (Å²) in [4.78, 5) is 14.0. The highest BCUT2D eigenvalue weighted by atomic mass is 16.7. The third-order valence-electron chi connectivity index (χ3n) is 4.57. The van der Waals surface area contributed by atoms with Crippen molar-refractivity contribution >= 4 is 5.91 Å². The van der Waals surface area contributed by atoms with Crippen LogP contribution >= 0.6 is 0 Å². The van der Waals surface area contributed by atoms with Gasteiger partial charge in [-0.3, -0.25) is 4.79 Å². The average molecular weight is 295 g/mol. The minimum Gasteiger partial charge on any atom is -0.459 e. The number of rotatable bonds is 7. The zero-order chi connectivity index (χ0) is 14.8. The van der Waals surface area contributed by atoms with Crippen molar-refractivity contribution in [3.05, 3.63) is 11.8 Å². The molecule has 3 rings (SSSR count). The van der Waals surface area contributed by atoms with E-state index in [0.717, 1.165) is 25.9 Å². The zero-order valence-corrected chi connectivity index (χ0v) is 12.7. The summed E-state index contributed by atoms with van der Waals surface area (Å²) in [5.74, 6) is 1.72. The summed E-state index contributed by atoms with van der Waals surface area (Å²) < 4.78 is 11.6. The van der Waals surface area contributed by atoms with E-state index in [4.69, 9.17) is 14.6 Å². The van der Waals surface area contributed by atoms with Crippen LogP contribution in [0, 0.1) is 17.8 Å². The van der Waals surface area contributed by atoms with Gasteiger partial charge in [-0.25, -0.2) is 0 Å². The molecule has 0 aromatic rings. The second-order valence-corrected chi connectivity index (χ2v) is 6.21. The van der Waals surface area contributed by atoms with Gasteiger partial charge in [0.1, 0.15) is 0 Å². The minimum absolute atomic E-state index is 0.00552. The molecule has 0 bridgehead atoms. The molecule has 0 aromatic heterocycles. The van der Waals surface area contributed by atoms with Crippen LogP contribution in [0.1, 0.15) is 32.6 Å². The van der Waals surface area contributed by atoms with E-state index in [9.17, 15) is 4.79 Å². The number of nitrogens with zero attached hydrogens (tertiary/aromatic N) is 1.